The number of hydrogen-bond donors (Lipinski definition) is 1. The van der Waals surface area contributed by atoms with Crippen molar-refractivity contribution >= 4 is 23.0 Å². The van der Waals surface area contributed by atoms with Crippen LogP contribution < -0.4 is 10.1 Å². The van der Waals surface area contributed by atoms with Crippen LogP contribution >= 0.6 is 0 Å². The van der Waals surface area contributed by atoms with Gasteiger partial charge in [-0.2, -0.15) is 4.98 Å². The number of ether oxygens (including phenoxy) is 2. The second kappa shape index (κ2) is 7.18. The molecule has 8 nitrogen and oxygen atoms in total. The molecule has 0 amide bonds. The summed E-state index contributed by atoms with van der Waals surface area (Å²) in [5, 5.41) is 8.07. The number of anilines is 1. The molecule has 0 bridgehead atoms. The fourth-order valence-corrected chi connectivity index (χ4v) is 6.10. The van der Waals surface area contributed by atoms with Gasteiger partial charge in [-0.15, -0.1) is 5.10 Å². The van der Waals surface area contributed by atoms with E-state index in [4.69, 9.17) is 9.47 Å². The Kier molecular flexibility index (Phi) is 4.28. The van der Waals surface area contributed by atoms with Gasteiger partial charge in [0.2, 0.25) is 18.3 Å². The first-order chi connectivity index (χ1) is 16.5. The summed E-state index contributed by atoms with van der Waals surface area (Å²) in [7, 11) is 1.59. The lowest BCUT2D eigenvalue weighted by Crippen LogP contribution is -2.16. The van der Waals surface area contributed by atoms with Crippen molar-refractivity contribution in [1.29, 1.82) is 0 Å². The zero-order valence-electron chi connectivity index (χ0n) is 18.8. The third-order valence-corrected chi connectivity index (χ3v) is 7.87. The van der Waals surface area contributed by atoms with Crippen molar-refractivity contribution in [2.45, 2.75) is 31.7 Å². The van der Waals surface area contributed by atoms with E-state index in [9.17, 15) is 8.78 Å². The number of aromatic nitrogens is 4. The van der Waals surface area contributed by atoms with Crippen LogP contribution in [0.1, 0.15) is 24.8 Å². The maximum atomic E-state index is 13.1. The molecule has 2 saturated carbocycles. The van der Waals surface area contributed by atoms with E-state index in [1.54, 1.807) is 17.8 Å². The van der Waals surface area contributed by atoms with E-state index in [1.165, 1.54) is 0 Å². The van der Waals surface area contributed by atoms with Gasteiger partial charge >= 0.3 is 0 Å². The molecule has 3 fully saturated rings. The molecule has 34 heavy (non-hydrogen) atoms. The van der Waals surface area contributed by atoms with Crippen molar-refractivity contribution < 1.29 is 18.3 Å². The van der Waals surface area contributed by atoms with Gasteiger partial charge in [0.25, 0.3) is 0 Å². The number of hydrogen-bond acceptors (Lipinski definition) is 7. The highest BCUT2D eigenvalue weighted by Crippen LogP contribution is 2.61. The largest absolute Gasteiger partial charge is 0.479 e. The number of alkyl halides is 2. The summed E-state index contributed by atoms with van der Waals surface area (Å²) >= 11 is 0. The van der Waals surface area contributed by atoms with Gasteiger partial charge < -0.3 is 14.8 Å². The zero-order valence-corrected chi connectivity index (χ0v) is 18.8. The number of rotatable bonds is 6. The highest BCUT2D eigenvalue weighted by molar-refractivity contribution is 5.94. The molecular formula is C24H24F2N6O2. The van der Waals surface area contributed by atoms with Crippen LogP contribution in [0, 0.1) is 23.7 Å². The summed E-state index contributed by atoms with van der Waals surface area (Å²) in [6.07, 6.45) is 1.23. The number of aliphatic imine (C=N–C) groups is 1. The van der Waals surface area contributed by atoms with Crippen LogP contribution in [0.25, 0.3) is 16.6 Å². The normalized spacial score (nSPS) is 30.6. The summed E-state index contributed by atoms with van der Waals surface area (Å²) in [6.45, 7) is 3.48. The standard InChI is InChI=1S/C24H24F2N6O2/c1-10-18-13(6-17(25)26)19(18)14-5-11(7-27-22(14)28-10)12-3-4-32-21(12)23(33-2)30-24(31-32)29-20-15-8-34-9-16(15)20/h3-5,7,13,15-20H,6,8-9H2,1-2H3,(H,29,31)/t13?,15-,16+,18-,19-,20?/m0/s1. The van der Waals surface area contributed by atoms with E-state index < -0.39 is 6.43 Å². The molecule has 1 saturated heterocycles. The van der Waals surface area contributed by atoms with Gasteiger partial charge in [0, 0.05) is 65.0 Å². The Balaban J connectivity index is 1.24. The third kappa shape index (κ3) is 2.97. The summed E-state index contributed by atoms with van der Waals surface area (Å²) in [5.74, 6) is 2.74. The monoisotopic (exact) mass is 466 g/mol. The molecule has 0 spiro atoms. The molecule has 3 aromatic rings. The average molecular weight is 466 g/mol. The van der Waals surface area contributed by atoms with Crippen LogP contribution in [0.2, 0.25) is 0 Å². The molecule has 0 radical (unpaired) electrons. The van der Waals surface area contributed by atoms with E-state index in [2.05, 4.69) is 25.4 Å². The number of methoxy groups -OCH3 is 1. The molecule has 2 aliphatic carbocycles. The Morgan fingerprint density at radius 3 is 2.85 bits per heavy atom. The molecule has 1 N–H and O–H groups in total. The first-order valence-electron chi connectivity index (χ1n) is 11.6. The molecular weight excluding hydrogens is 442 g/mol. The van der Waals surface area contributed by atoms with Gasteiger partial charge in [-0.1, -0.05) is 0 Å². The molecule has 2 aliphatic heterocycles. The summed E-state index contributed by atoms with van der Waals surface area (Å²) in [4.78, 5) is 13.8. The molecule has 0 aromatic carbocycles. The Morgan fingerprint density at radius 1 is 1.26 bits per heavy atom. The number of fused-ring (bicyclic) bond motifs is 5. The van der Waals surface area contributed by atoms with Gasteiger partial charge in [-0.05, 0) is 30.9 Å². The minimum Gasteiger partial charge on any atom is -0.479 e. The fourth-order valence-electron chi connectivity index (χ4n) is 6.10. The van der Waals surface area contributed by atoms with Crippen LogP contribution in [-0.4, -0.2) is 58.1 Å². The van der Waals surface area contributed by atoms with Crippen molar-refractivity contribution in [3.63, 3.8) is 0 Å². The highest BCUT2D eigenvalue weighted by Gasteiger charge is 2.56. The maximum Gasteiger partial charge on any atom is 0.244 e. The Morgan fingerprint density at radius 2 is 2.09 bits per heavy atom. The predicted octanol–water partition coefficient (Wildman–Crippen LogP) is 3.95. The first kappa shape index (κ1) is 20.3. The Bertz CT molecular complexity index is 1330. The Labute approximate surface area is 194 Å². The number of pyridine rings is 1. The van der Waals surface area contributed by atoms with Crippen molar-refractivity contribution in [3.8, 4) is 17.0 Å². The van der Waals surface area contributed by atoms with Crippen LogP contribution in [0.4, 0.5) is 20.5 Å². The first-order valence-corrected chi connectivity index (χ1v) is 11.6. The molecule has 2 unspecified atom stereocenters. The second-order valence-electron chi connectivity index (χ2n) is 9.73. The molecule has 5 heterocycles. The molecule has 176 valence electrons. The van der Waals surface area contributed by atoms with Crippen molar-refractivity contribution in [1.82, 2.24) is 19.6 Å². The van der Waals surface area contributed by atoms with E-state index in [1.807, 2.05) is 25.3 Å². The van der Waals surface area contributed by atoms with E-state index in [0.717, 1.165) is 41.1 Å². The van der Waals surface area contributed by atoms with Gasteiger partial charge in [-0.25, -0.2) is 23.3 Å². The third-order valence-electron chi connectivity index (χ3n) is 7.87. The van der Waals surface area contributed by atoms with Gasteiger partial charge in [0.05, 0.1) is 20.3 Å². The summed E-state index contributed by atoms with van der Waals surface area (Å²) in [5.41, 5.74) is 4.33. The lowest BCUT2D eigenvalue weighted by molar-refractivity contribution is 0.129. The Hall–Kier alpha value is -3.14. The van der Waals surface area contributed by atoms with Gasteiger partial charge in [-0.3, -0.25) is 0 Å². The second-order valence-corrected chi connectivity index (χ2v) is 9.73. The minimum absolute atomic E-state index is 0.0544. The molecule has 3 aromatic heterocycles. The molecule has 7 rings (SSSR count). The van der Waals surface area contributed by atoms with Crippen LogP contribution in [0.5, 0.6) is 5.88 Å². The van der Waals surface area contributed by atoms with E-state index in [-0.39, 0.29) is 24.2 Å². The number of halogens is 2. The lowest BCUT2D eigenvalue weighted by Gasteiger charge is -2.13. The smallest absolute Gasteiger partial charge is 0.244 e. The molecule has 10 heteroatoms. The van der Waals surface area contributed by atoms with Gasteiger partial charge in [0.1, 0.15) is 5.52 Å². The van der Waals surface area contributed by atoms with Gasteiger partial charge in [0.15, 0.2) is 5.82 Å². The summed E-state index contributed by atoms with van der Waals surface area (Å²) in [6, 6.07) is 4.33. The number of nitrogens with one attached hydrogen (secondary N) is 1. The van der Waals surface area contributed by atoms with Crippen molar-refractivity contribution in [2.75, 3.05) is 25.6 Å². The SMILES string of the molecule is COc1nc(NC2[C@H]3COC[C@@H]23)nn2ccc(-c3cnc4c(c3)[C@@H]3C(CC(F)F)[C@@H]3C(C)=N4)c12. The lowest BCUT2D eigenvalue weighted by atomic mass is 10.0. The minimum atomic E-state index is -2.31. The van der Waals surface area contributed by atoms with Crippen molar-refractivity contribution in [2.24, 2.45) is 28.7 Å². The summed E-state index contributed by atoms with van der Waals surface area (Å²) < 4.78 is 39.1. The predicted molar refractivity (Wildman–Crippen MR) is 121 cm³/mol. The number of nitrogens with zero attached hydrogens (tertiary/aromatic N) is 5. The van der Waals surface area contributed by atoms with Crippen LogP contribution in [0.3, 0.4) is 0 Å². The molecule has 6 atom stereocenters. The topological polar surface area (TPSA) is 85.9 Å². The fraction of sp³-hybridized carbons (Fsp3) is 0.500. The average Bonchev–Trinajstić information content (AvgIpc) is 3.50. The maximum absolute atomic E-state index is 13.1. The highest BCUT2D eigenvalue weighted by atomic mass is 19.3. The van der Waals surface area contributed by atoms with E-state index >= 15 is 0 Å². The van der Waals surface area contributed by atoms with Crippen LogP contribution in [0.15, 0.2) is 29.5 Å². The zero-order chi connectivity index (χ0) is 23.1. The van der Waals surface area contributed by atoms with E-state index in [0.29, 0.717) is 35.5 Å². The van der Waals surface area contributed by atoms with Crippen molar-refractivity contribution in [3.05, 3.63) is 30.1 Å². The molecule has 4 aliphatic rings. The quantitative estimate of drug-likeness (QED) is 0.592. The van der Waals surface area contributed by atoms with Crippen LogP contribution in [-0.2, 0) is 4.74 Å².